The molecule has 0 amide bonds. The lowest BCUT2D eigenvalue weighted by atomic mass is 10.0. The van der Waals surface area contributed by atoms with Crippen LogP contribution < -0.4 is 4.90 Å². The maximum absolute atomic E-state index is 12.1. The van der Waals surface area contributed by atoms with Crippen molar-refractivity contribution in [3.8, 4) is 11.3 Å². The number of anilines is 1. The Morgan fingerprint density at radius 2 is 1.82 bits per heavy atom. The van der Waals surface area contributed by atoms with Crippen LogP contribution in [0.25, 0.3) is 11.3 Å². The van der Waals surface area contributed by atoms with E-state index in [2.05, 4.69) is 14.9 Å². The molecule has 1 aliphatic rings. The summed E-state index contributed by atoms with van der Waals surface area (Å²) in [6.45, 7) is 3.76. The molecule has 5 heteroatoms. The van der Waals surface area contributed by atoms with Crippen molar-refractivity contribution in [2.45, 2.75) is 19.8 Å². The van der Waals surface area contributed by atoms with Gasteiger partial charge in [0, 0.05) is 18.7 Å². The van der Waals surface area contributed by atoms with Crippen molar-refractivity contribution in [1.82, 2.24) is 9.97 Å². The molecule has 0 spiro atoms. The zero-order chi connectivity index (χ0) is 15.5. The summed E-state index contributed by atoms with van der Waals surface area (Å²) in [6, 6.07) is 9.70. The lowest BCUT2D eigenvalue weighted by Crippen LogP contribution is -2.22. The highest BCUT2D eigenvalue weighted by Gasteiger charge is 2.23. The molecule has 0 N–H and O–H groups in total. The zero-order valence-corrected chi connectivity index (χ0v) is 12.9. The Hall–Kier alpha value is -2.43. The average Bonchev–Trinajstić information content (AvgIpc) is 3.08. The Kier molecular flexibility index (Phi) is 4.04. The number of esters is 1. The SMILES string of the molecule is COC(=O)c1c(C)nc(N2CCCC2)nc1-c1ccccc1. The molecule has 0 atom stereocenters. The Morgan fingerprint density at radius 3 is 2.45 bits per heavy atom. The van der Waals surface area contributed by atoms with E-state index in [9.17, 15) is 4.79 Å². The van der Waals surface area contributed by atoms with Crippen LogP contribution in [0.5, 0.6) is 0 Å². The standard InChI is InChI=1S/C17H19N3O2/c1-12-14(16(21)22-2)15(13-8-4-3-5-9-13)19-17(18-12)20-10-6-7-11-20/h3-5,8-9H,6-7,10-11H2,1-2H3. The molecule has 5 nitrogen and oxygen atoms in total. The molecule has 114 valence electrons. The van der Waals surface area contributed by atoms with Gasteiger partial charge in [-0.15, -0.1) is 0 Å². The van der Waals surface area contributed by atoms with Gasteiger partial charge in [-0.2, -0.15) is 0 Å². The highest BCUT2D eigenvalue weighted by molar-refractivity contribution is 5.97. The molecule has 0 radical (unpaired) electrons. The molecule has 1 aromatic heterocycles. The molecule has 0 saturated carbocycles. The molecule has 0 unspecified atom stereocenters. The third kappa shape index (κ3) is 2.66. The van der Waals surface area contributed by atoms with Crippen molar-refractivity contribution >= 4 is 11.9 Å². The van der Waals surface area contributed by atoms with Crippen LogP contribution in [-0.2, 0) is 4.74 Å². The summed E-state index contributed by atoms with van der Waals surface area (Å²) in [6.07, 6.45) is 2.31. The first-order chi connectivity index (χ1) is 10.7. The van der Waals surface area contributed by atoms with Crippen LogP contribution in [0.2, 0.25) is 0 Å². The first kappa shape index (κ1) is 14.5. The van der Waals surface area contributed by atoms with Crippen molar-refractivity contribution in [2.24, 2.45) is 0 Å². The van der Waals surface area contributed by atoms with E-state index in [1.807, 2.05) is 37.3 Å². The van der Waals surface area contributed by atoms with Gasteiger partial charge in [0.05, 0.1) is 18.5 Å². The summed E-state index contributed by atoms with van der Waals surface area (Å²) in [4.78, 5) is 23.5. The Labute approximate surface area is 130 Å². The molecular formula is C17H19N3O2. The number of benzene rings is 1. The summed E-state index contributed by atoms with van der Waals surface area (Å²) >= 11 is 0. The fraction of sp³-hybridized carbons (Fsp3) is 0.353. The van der Waals surface area contributed by atoms with Crippen LogP contribution in [0.15, 0.2) is 30.3 Å². The smallest absolute Gasteiger partial charge is 0.341 e. The number of methoxy groups -OCH3 is 1. The maximum atomic E-state index is 12.1. The Bertz CT molecular complexity index is 680. The summed E-state index contributed by atoms with van der Waals surface area (Å²) in [5.41, 5.74) is 2.63. The van der Waals surface area contributed by atoms with Gasteiger partial charge in [-0.05, 0) is 19.8 Å². The molecule has 2 heterocycles. The van der Waals surface area contributed by atoms with Gasteiger partial charge in [0.1, 0.15) is 5.56 Å². The molecule has 2 aromatic rings. The van der Waals surface area contributed by atoms with Gasteiger partial charge in [0.15, 0.2) is 0 Å². The third-order valence-corrected chi connectivity index (χ3v) is 3.90. The lowest BCUT2D eigenvalue weighted by Gasteiger charge is -2.18. The first-order valence-corrected chi connectivity index (χ1v) is 7.48. The monoisotopic (exact) mass is 297 g/mol. The van der Waals surface area contributed by atoms with Crippen molar-refractivity contribution in [3.05, 3.63) is 41.6 Å². The minimum atomic E-state index is -0.399. The largest absolute Gasteiger partial charge is 0.465 e. The van der Waals surface area contributed by atoms with Crippen LogP contribution in [0.3, 0.4) is 0 Å². The van der Waals surface area contributed by atoms with E-state index in [-0.39, 0.29) is 0 Å². The summed E-state index contributed by atoms with van der Waals surface area (Å²) in [7, 11) is 1.38. The van der Waals surface area contributed by atoms with E-state index >= 15 is 0 Å². The molecule has 1 aliphatic heterocycles. The topological polar surface area (TPSA) is 55.3 Å². The predicted molar refractivity (Wildman–Crippen MR) is 85.0 cm³/mol. The van der Waals surface area contributed by atoms with Crippen molar-refractivity contribution in [3.63, 3.8) is 0 Å². The van der Waals surface area contributed by atoms with Gasteiger partial charge in [0.25, 0.3) is 0 Å². The molecule has 22 heavy (non-hydrogen) atoms. The van der Waals surface area contributed by atoms with Crippen LogP contribution >= 0.6 is 0 Å². The molecule has 0 bridgehead atoms. The molecule has 1 aromatic carbocycles. The van der Waals surface area contributed by atoms with E-state index < -0.39 is 5.97 Å². The number of carbonyl (C=O) groups is 1. The van der Waals surface area contributed by atoms with Gasteiger partial charge >= 0.3 is 5.97 Å². The van der Waals surface area contributed by atoms with Crippen molar-refractivity contribution in [1.29, 1.82) is 0 Å². The minimum Gasteiger partial charge on any atom is -0.465 e. The first-order valence-electron chi connectivity index (χ1n) is 7.48. The Balaban J connectivity index is 2.16. The number of hydrogen-bond donors (Lipinski definition) is 0. The highest BCUT2D eigenvalue weighted by atomic mass is 16.5. The second kappa shape index (κ2) is 6.13. The number of aromatic nitrogens is 2. The van der Waals surface area contributed by atoms with Crippen molar-refractivity contribution < 1.29 is 9.53 Å². The van der Waals surface area contributed by atoms with E-state index in [0.717, 1.165) is 31.5 Å². The summed E-state index contributed by atoms with van der Waals surface area (Å²) < 4.78 is 4.91. The van der Waals surface area contributed by atoms with Crippen LogP contribution in [0, 0.1) is 6.92 Å². The number of ether oxygens (including phenoxy) is 1. The second-order valence-corrected chi connectivity index (χ2v) is 5.38. The fourth-order valence-electron chi connectivity index (χ4n) is 2.77. The molecular weight excluding hydrogens is 278 g/mol. The minimum absolute atomic E-state index is 0.399. The van der Waals surface area contributed by atoms with Crippen LogP contribution in [0.1, 0.15) is 28.9 Å². The fourth-order valence-corrected chi connectivity index (χ4v) is 2.77. The zero-order valence-electron chi connectivity index (χ0n) is 12.9. The van der Waals surface area contributed by atoms with E-state index in [0.29, 0.717) is 22.9 Å². The highest BCUT2D eigenvalue weighted by Crippen LogP contribution is 2.27. The van der Waals surface area contributed by atoms with E-state index in [1.165, 1.54) is 7.11 Å². The van der Waals surface area contributed by atoms with Gasteiger partial charge < -0.3 is 9.64 Å². The summed E-state index contributed by atoms with van der Waals surface area (Å²) in [5.74, 6) is 0.297. The number of nitrogens with zero attached hydrogens (tertiary/aromatic N) is 3. The maximum Gasteiger partial charge on any atom is 0.341 e. The second-order valence-electron chi connectivity index (χ2n) is 5.38. The van der Waals surface area contributed by atoms with Crippen LogP contribution in [0.4, 0.5) is 5.95 Å². The normalized spacial score (nSPS) is 14.2. The predicted octanol–water partition coefficient (Wildman–Crippen LogP) is 2.84. The van der Waals surface area contributed by atoms with Crippen LogP contribution in [-0.4, -0.2) is 36.1 Å². The van der Waals surface area contributed by atoms with Gasteiger partial charge in [0.2, 0.25) is 5.95 Å². The molecule has 0 aliphatic carbocycles. The number of carbonyl (C=O) groups excluding carboxylic acids is 1. The van der Waals surface area contributed by atoms with Gasteiger partial charge in [-0.25, -0.2) is 14.8 Å². The van der Waals surface area contributed by atoms with E-state index in [1.54, 1.807) is 0 Å². The number of hydrogen-bond acceptors (Lipinski definition) is 5. The average molecular weight is 297 g/mol. The Morgan fingerprint density at radius 1 is 1.14 bits per heavy atom. The quantitative estimate of drug-likeness (QED) is 0.815. The molecule has 1 saturated heterocycles. The summed E-state index contributed by atoms with van der Waals surface area (Å²) in [5, 5.41) is 0. The van der Waals surface area contributed by atoms with Gasteiger partial charge in [-0.3, -0.25) is 0 Å². The lowest BCUT2D eigenvalue weighted by molar-refractivity contribution is 0.0600. The molecule has 3 rings (SSSR count). The number of aryl methyl sites for hydroxylation is 1. The van der Waals surface area contributed by atoms with Gasteiger partial charge in [-0.1, -0.05) is 30.3 Å². The van der Waals surface area contributed by atoms with E-state index in [4.69, 9.17) is 4.74 Å². The number of rotatable bonds is 3. The third-order valence-electron chi connectivity index (χ3n) is 3.90. The van der Waals surface area contributed by atoms with Crippen molar-refractivity contribution in [2.75, 3.05) is 25.1 Å². The molecule has 1 fully saturated rings.